The Morgan fingerprint density at radius 3 is 1.98 bits per heavy atom. The van der Waals surface area contributed by atoms with Crippen LogP contribution in [0.25, 0.3) is 0 Å². The smallest absolute Gasteiger partial charge is 0.354 e. The van der Waals surface area contributed by atoms with Gasteiger partial charge in [0.15, 0.2) is 0 Å². The summed E-state index contributed by atoms with van der Waals surface area (Å²) < 4.78 is 80.2. The number of carbonyl (C=O) groups is 1. The minimum absolute atomic E-state index is 0.0575. The molecule has 2 aliphatic heterocycles. The van der Waals surface area contributed by atoms with Crippen molar-refractivity contribution >= 4 is 29.1 Å². The van der Waals surface area contributed by atoms with Crippen molar-refractivity contribution in [3.8, 4) is 0 Å². The maximum atomic E-state index is 13.4. The molecule has 2 unspecified atom stereocenters. The van der Waals surface area contributed by atoms with Gasteiger partial charge in [0, 0.05) is 25.7 Å². The second-order valence-corrected chi connectivity index (χ2v) is 11.7. The molecule has 41 heavy (non-hydrogen) atoms. The lowest BCUT2D eigenvalue weighted by atomic mass is 9.94. The SMILES string of the molecule is CC(C(=O)NCC(c1ccc(Cl)c(Cl)c1)N1CCC(N2CCCCC2)CC1)c1cc(C(F)(F)F)cc(C(F)(F)F)c1. The van der Waals surface area contributed by atoms with Crippen molar-refractivity contribution in [1.82, 2.24) is 15.1 Å². The van der Waals surface area contributed by atoms with E-state index in [2.05, 4.69) is 15.1 Å². The zero-order chi connectivity index (χ0) is 29.9. The van der Waals surface area contributed by atoms with Gasteiger partial charge in [0.2, 0.25) is 5.91 Å². The molecule has 4 rings (SSSR count). The molecule has 12 heteroatoms. The van der Waals surface area contributed by atoms with Gasteiger partial charge in [0.25, 0.3) is 0 Å². The highest BCUT2D eigenvalue weighted by Gasteiger charge is 2.38. The Hall–Kier alpha value is -2.01. The molecule has 1 N–H and O–H groups in total. The highest BCUT2D eigenvalue weighted by atomic mass is 35.5. The maximum absolute atomic E-state index is 13.4. The number of alkyl halides is 6. The van der Waals surface area contributed by atoms with E-state index in [1.54, 1.807) is 12.1 Å². The summed E-state index contributed by atoms with van der Waals surface area (Å²) in [6.45, 7) is 5.12. The van der Waals surface area contributed by atoms with Gasteiger partial charge < -0.3 is 10.2 Å². The molecule has 2 atom stereocenters. The van der Waals surface area contributed by atoms with Gasteiger partial charge in [-0.3, -0.25) is 9.69 Å². The van der Waals surface area contributed by atoms with Crippen LogP contribution in [0, 0.1) is 0 Å². The number of hydrogen-bond acceptors (Lipinski definition) is 3. The Bertz CT molecular complexity index is 1180. The predicted octanol–water partition coefficient (Wildman–Crippen LogP) is 7.94. The summed E-state index contributed by atoms with van der Waals surface area (Å²) in [5.41, 5.74) is -2.46. The second kappa shape index (κ2) is 13.1. The quantitative estimate of drug-likeness (QED) is 0.318. The molecule has 0 bridgehead atoms. The maximum Gasteiger partial charge on any atom is 0.416 e. The number of piperidine rings is 2. The molecule has 2 aliphatic rings. The van der Waals surface area contributed by atoms with Crippen molar-refractivity contribution in [2.45, 2.75) is 69.4 Å². The molecule has 2 heterocycles. The molecule has 226 valence electrons. The number of nitrogens with one attached hydrogen (secondary N) is 1. The summed E-state index contributed by atoms with van der Waals surface area (Å²) in [6, 6.07) is 6.63. The number of rotatable bonds is 7. The van der Waals surface area contributed by atoms with Gasteiger partial charge in [0.1, 0.15) is 0 Å². The van der Waals surface area contributed by atoms with Crippen LogP contribution in [0.4, 0.5) is 26.3 Å². The Kier molecular flexibility index (Phi) is 10.2. The van der Waals surface area contributed by atoms with Gasteiger partial charge in [-0.1, -0.05) is 35.7 Å². The number of hydrogen-bond donors (Lipinski definition) is 1. The zero-order valence-corrected chi connectivity index (χ0v) is 24.1. The van der Waals surface area contributed by atoms with E-state index in [1.807, 2.05) is 6.07 Å². The number of carbonyl (C=O) groups excluding carboxylic acids is 1. The van der Waals surface area contributed by atoms with Crippen LogP contribution >= 0.6 is 23.2 Å². The summed E-state index contributed by atoms with van der Waals surface area (Å²) in [5.74, 6) is -1.93. The summed E-state index contributed by atoms with van der Waals surface area (Å²) in [4.78, 5) is 17.9. The monoisotopic (exact) mass is 623 g/mol. The summed E-state index contributed by atoms with van der Waals surface area (Å²) >= 11 is 12.4. The molecule has 0 spiro atoms. The first-order chi connectivity index (χ1) is 19.2. The first-order valence-electron chi connectivity index (χ1n) is 13.7. The van der Waals surface area contributed by atoms with E-state index in [-0.39, 0.29) is 24.2 Å². The van der Waals surface area contributed by atoms with Gasteiger partial charge in [0.05, 0.1) is 33.1 Å². The van der Waals surface area contributed by atoms with Crippen LogP contribution in [0.3, 0.4) is 0 Å². The molecular weight excluding hydrogens is 591 g/mol. The Balaban J connectivity index is 1.51. The summed E-state index contributed by atoms with van der Waals surface area (Å²) in [6.07, 6.45) is -4.43. The van der Waals surface area contributed by atoms with E-state index in [4.69, 9.17) is 23.2 Å². The van der Waals surface area contributed by atoms with Gasteiger partial charge in [-0.2, -0.15) is 26.3 Å². The lowest BCUT2D eigenvalue weighted by molar-refractivity contribution is -0.143. The standard InChI is InChI=1S/C29H33Cl2F6N3O/c1-18(20-13-21(28(32,33)34)16-22(14-20)29(35,36)37)27(41)38-17-26(19-5-6-24(30)25(31)15-19)40-11-7-23(8-12-40)39-9-3-2-4-10-39/h5-6,13-16,18,23,26H,2-4,7-12,17H2,1H3,(H,38,41). The third-order valence-electron chi connectivity index (χ3n) is 8.15. The molecule has 2 saturated heterocycles. The van der Waals surface area contributed by atoms with Gasteiger partial charge in [-0.05, 0) is 87.2 Å². The summed E-state index contributed by atoms with van der Waals surface area (Å²) in [7, 11) is 0. The van der Waals surface area contributed by atoms with Crippen molar-refractivity contribution in [3.05, 3.63) is 68.7 Å². The Morgan fingerprint density at radius 1 is 0.854 bits per heavy atom. The topological polar surface area (TPSA) is 35.6 Å². The van der Waals surface area contributed by atoms with Crippen molar-refractivity contribution in [2.24, 2.45) is 0 Å². The number of halogens is 8. The van der Waals surface area contributed by atoms with Crippen LogP contribution in [0.5, 0.6) is 0 Å². The molecule has 2 fully saturated rings. The van der Waals surface area contributed by atoms with E-state index in [9.17, 15) is 31.1 Å². The van der Waals surface area contributed by atoms with Crippen LogP contribution in [0.15, 0.2) is 36.4 Å². The number of likely N-dealkylation sites (tertiary alicyclic amines) is 2. The molecule has 0 aromatic heterocycles. The van der Waals surface area contributed by atoms with Crippen molar-refractivity contribution in [1.29, 1.82) is 0 Å². The number of amides is 1. The van der Waals surface area contributed by atoms with Crippen molar-refractivity contribution < 1.29 is 31.1 Å². The van der Waals surface area contributed by atoms with E-state index < -0.39 is 35.3 Å². The van der Waals surface area contributed by atoms with Crippen LogP contribution in [-0.2, 0) is 17.1 Å². The number of benzene rings is 2. The first kappa shape index (κ1) is 31.9. The lowest BCUT2D eigenvalue weighted by Crippen LogP contribution is -2.49. The first-order valence-corrected chi connectivity index (χ1v) is 14.5. The lowest BCUT2D eigenvalue weighted by Gasteiger charge is -2.43. The third-order valence-corrected chi connectivity index (χ3v) is 8.89. The van der Waals surface area contributed by atoms with Gasteiger partial charge in [-0.25, -0.2) is 0 Å². The van der Waals surface area contributed by atoms with E-state index in [0.29, 0.717) is 28.2 Å². The van der Waals surface area contributed by atoms with Crippen LogP contribution in [-0.4, -0.2) is 54.5 Å². The molecule has 2 aromatic carbocycles. The highest BCUT2D eigenvalue weighted by molar-refractivity contribution is 6.42. The van der Waals surface area contributed by atoms with Crippen LogP contribution in [0.1, 0.15) is 73.2 Å². The Morgan fingerprint density at radius 2 is 1.44 bits per heavy atom. The fourth-order valence-corrected chi connectivity index (χ4v) is 6.06. The summed E-state index contributed by atoms with van der Waals surface area (Å²) in [5, 5.41) is 3.50. The Labute approximate surface area is 246 Å². The molecule has 4 nitrogen and oxygen atoms in total. The fraction of sp³-hybridized carbons (Fsp3) is 0.552. The average molecular weight is 624 g/mol. The van der Waals surface area contributed by atoms with Crippen LogP contribution in [0.2, 0.25) is 10.0 Å². The number of nitrogens with zero attached hydrogens (tertiary/aromatic N) is 2. The molecule has 0 aliphatic carbocycles. The molecule has 1 amide bonds. The van der Waals surface area contributed by atoms with E-state index >= 15 is 0 Å². The van der Waals surface area contributed by atoms with Gasteiger partial charge in [-0.15, -0.1) is 0 Å². The minimum Gasteiger partial charge on any atom is -0.354 e. The molecule has 0 radical (unpaired) electrons. The largest absolute Gasteiger partial charge is 0.416 e. The molecular formula is C29H33Cl2F6N3O. The highest BCUT2D eigenvalue weighted by Crippen LogP contribution is 2.38. The van der Waals surface area contributed by atoms with Crippen LogP contribution < -0.4 is 5.32 Å². The van der Waals surface area contributed by atoms with E-state index in [1.165, 1.54) is 26.2 Å². The molecule has 2 aromatic rings. The van der Waals surface area contributed by atoms with Crippen molar-refractivity contribution in [2.75, 3.05) is 32.7 Å². The fourth-order valence-electron chi connectivity index (χ4n) is 5.75. The third kappa shape index (κ3) is 8.09. The predicted molar refractivity (Wildman–Crippen MR) is 147 cm³/mol. The van der Waals surface area contributed by atoms with Gasteiger partial charge >= 0.3 is 12.4 Å². The zero-order valence-electron chi connectivity index (χ0n) is 22.6. The average Bonchev–Trinajstić information content (AvgIpc) is 2.94. The molecule has 0 saturated carbocycles. The minimum atomic E-state index is -4.99. The van der Waals surface area contributed by atoms with E-state index in [0.717, 1.165) is 44.6 Å². The normalized spacial score (nSPS) is 19.6. The second-order valence-electron chi connectivity index (χ2n) is 10.9. The van der Waals surface area contributed by atoms with Crippen molar-refractivity contribution in [3.63, 3.8) is 0 Å².